The lowest BCUT2D eigenvalue weighted by Crippen LogP contribution is -2.16. The summed E-state index contributed by atoms with van der Waals surface area (Å²) < 4.78 is 28.2. The average molecular weight is 399 g/mol. The van der Waals surface area contributed by atoms with Gasteiger partial charge in [0, 0.05) is 4.47 Å². The Balaban J connectivity index is 3.00. The van der Waals surface area contributed by atoms with E-state index in [-0.39, 0.29) is 32.5 Å². The standard InChI is InChI=1S/C13H17BrClNO4S/c1-3-4-8(2)7-20-13(17)9-5-12(21(16,18)19)10(14)6-11(9)15/h5-6,8H,3-4,7H2,1-2H3,(H2,16,18,19). The molecule has 0 aliphatic rings. The van der Waals surface area contributed by atoms with Crippen LogP contribution < -0.4 is 5.14 Å². The first-order chi connectivity index (χ1) is 9.66. The minimum atomic E-state index is -3.96. The summed E-state index contributed by atoms with van der Waals surface area (Å²) in [6.45, 7) is 4.27. The van der Waals surface area contributed by atoms with Gasteiger partial charge in [0.1, 0.15) is 0 Å². The molecule has 1 aromatic rings. The van der Waals surface area contributed by atoms with Crippen LogP contribution in [0, 0.1) is 5.92 Å². The van der Waals surface area contributed by atoms with Crippen molar-refractivity contribution in [3.63, 3.8) is 0 Å². The van der Waals surface area contributed by atoms with Crippen LogP contribution in [0.1, 0.15) is 37.0 Å². The van der Waals surface area contributed by atoms with Crippen molar-refractivity contribution in [1.29, 1.82) is 0 Å². The number of esters is 1. The molecule has 0 aromatic heterocycles. The molecule has 0 aliphatic heterocycles. The van der Waals surface area contributed by atoms with Crippen LogP contribution in [0.4, 0.5) is 0 Å². The predicted octanol–water partition coefficient (Wildman–Crippen LogP) is 3.34. The number of hydrogen-bond donors (Lipinski definition) is 1. The first-order valence-corrected chi connectivity index (χ1v) is 9.07. The fourth-order valence-electron chi connectivity index (χ4n) is 1.78. The van der Waals surface area contributed by atoms with E-state index >= 15 is 0 Å². The summed E-state index contributed by atoms with van der Waals surface area (Å²) >= 11 is 9.01. The summed E-state index contributed by atoms with van der Waals surface area (Å²) in [6, 6.07) is 2.43. The van der Waals surface area contributed by atoms with E-state index in [4.69, 9.17) is 21.5 Å². The summed E-state index contributed by atoms with van der Waals surface area (Å²) in [4.78, 5) is 11.8. The molecule has 1 aromatic carbocycles. The molecule has 0 amide bonds. The monoisotopic (exact) mass is 397 g/mol. The highest BCUT2D eigenvalue weighted by Gasteiger charge is 2.20. The molecule has 0 heterocycles. The smallest absolute Gasteiger partial charge is 0.339 e. The zero-order chi connectivity index (χ0) is 16.2. The van der Waals surface area contributed by atoms with Crippen molar-refractivity contribution in [2.75, 3.05) is 6.61 Å². The van der Waals surface area contributed by atoms with Crippen LogP contribution in [-0.2, 0) is 14.8 Å². The highest BCUT2D eigenvalue weighted by atomic mass is 79.9. The maximum atomic E-state index is 12.0. The molecule has 21 heavy (non-hydrogen) atoms. The lowest BCUT2D eigenvalue weighted by Gasteiger charge is -2.12. The number of hydrogen-bond acceptors (Lipinski definition) is 4. The number of carbonyl (C=O) groups is 1. The highest BCUT2D eigenvalue weighted by Crippen LogP contribution is 2.29. The average Bonchev–Trinajstić information content (AvgIpc) is 2.34. The van der Waals surface area contributed by atoms with Gasteiger partial charge in [0.25, 0.3) is 0 Å². The zero-order valence-electron chi connectivity index (χ0n) is 11.7. The second-order valence-corrected chi connectivity index (χ2v) is 7.59. The Labute approximate surface area is 138 Å². The molecule has 0 saturated heterocycles. The molecular weight excluding hydrogens is 382 g/mol. The first-order valence-electron chi connectivity index (χ1n) is 6.35. The lowest BCUT2D eigenvalue weighted by molar-refractivity contribution is 0.0443. The Hall–Kier alpha value is -0.630. The van der Waals surface area contributed by atoms with Crippen LogP contribution in [0.2, 0.25) is 5.02 Å². The van der Waals surface area contributed by atoms with Gasteiger partial charge in [-0.3, -0.25) is 0 Å². The van der Waals surface area contributed by atoms with Gasteiger partial charge in [0.15, 0.2) is 0 Å². The van der Waals surface area contributed by atoms with E-state index in [1.807, 2.05) is 13.8 Å². The molecule has 1 unspecified atom stereocenters. The fraction of sp³-hybridized carbons (Fsp3) is 0.462. The number of ether oxygens (including phenoxy) is 1. The van der Waals surface area contributed by atoms with Crippen molar-refractivity contribution in [3.05, 3.63) is 27.2 Å². The van der Waals surface area contributed by atoms with Crippen LogP contribution >= 0.6 is 27.5 Å². The number of primary sulfonamides is 1. The molecular formula is C13H17BrClNO4S. The Bertz CT molecular complexity index is 633. The molecule has 0 aliphatic carbocycles. The number of halogens is 2. The first kappa shape index (κ1) is 18.4. The third kappa shape index (κ3) is 5.25. The van der Waals surface area contributed by atoms with Crippen molar-refractivity contribution < 1.29 is 17.9 Å². The second kappa shape index (κ2) is 7.58. The van der Waals surface area contributed by atoms with E-state index < -0.39 is 16.0 Å². The second-order valence-electron chi connectivity index (χ2n) is 4.80. The van der Waals surface area contributed by atoms with Gasteiger partial charge in [0.2, 0.25) is 10.0 Å². The van der Waals surface area contributed by atoms with E-state index in [1.165, 1.54) is 6.07 Å². The minimum Gasteiger partial charge on any atom is -0.462 e. The molecule has 0 radical (unpaired) electrons. The highest BCUT2D eigenvalue weighted by molar-refractivity contribution is 9.10. The van der Waals surface area contributed by atoms with Crippen molar-refractivity contribution >= 4 is 43.5 Å². The summed E-state index contributed by atoms with van der Waals surface area (Å²) in [5, 5.41) is 5.18. The normalized spacial score (nSPS) is 13.0. The van der Waals surface area contributed by atoms with Crippen LogP contribution in [0.25, 0.3) is 0 Å². The molecule has 2 N–H and O–H groups in total. The summed E-state index contributed by atoms with van der Waals surface area (Å²) in [5.41, 5.74) is -0.0207. The van der Waals surface area contributed by atoms with Crippen LogP contribution in [0.5, 0.6) is 0 Å². The van der Waals surface area contributed by atoms with Gasteiger partial charge in [-0.2, -0.15) is 0 Å². The van der Waals surface area contributed by atoms with Crippen LogP contribution in [0.15, 0.2) is 21.5 Å². The van der Waals surface area contributed by atoms with Crippen LogP contribution in [0.3, 0.4) is 0 Å². The molecule has 118 valence electrons. The molecule has 0 bridgehead atoms. The number of carbonyl (C=O) groups excluding carboxylic acids is 1. The maximum absolute atomic E-state index is 12.0. The molecule has 1 atom stereocenters. The topological polar surface area (TPSA) is 86.5 Å². The Morgan fingerprint density at radius 3 is 2.62 bits per heavy atom. The van der Waals surface area contributed by atoms with Gasteiger partial charge >= 0.3 is 5.97 Å². The number of sulfonamides is 1. The van der Waals surface area contributed by atoms with Crippen LogP contribution in [-0.4, -0.2) is 21.0 Å². The van der Waals surface area contributed by atoms with E-state index in [0.717, 1.165) is 18.9 Å². The van der Waals surface area contributed by atoms with E-state index in [9.17, 15) is 13.2 Å². The van der Waals surface area contributed by atoms with Gasteiger partial charge in [-0.05, 0) is 40.4 Å². The van der Waals surface area contributed by atoms with Gasteiger partial charge in [-0.25, -0.2) is 18.4 Å². The number of nitrogens with two attached hydrogens (primary N) is 1. The van der Waals surface area contributed by atoms with Crippen molar-refractivity contribution in [2.45, 2.75) is 31.6 Å². The fourth-order valence-corrected chi connectivity index (χ4v) is 3.78. The molecule has 0 fully saturated rings. The number of benzene rings is 1. The van der Waals surface area contributed by atoms with Crippen molar-refractivity contribution in [2.24, 2.45) is 11.1 Å². The molecule has 0 saturated carbocycles. The summed E-state index contributed by atoms with van der Waals surface area (Å²) in [5.74, 6) is -0.439. The number of rotatable bonds is 6. The van der Waals surface area contributed by atoms with Crippen molar-refractivity contribution in [1.82, 2.24) is 0 Å². The van der Waals surface area contributed by atoms with E-state index in [1.54, 1.807) is 0 Å². The van der Waals surface area contributed by atoms with Gasteiger partial charge < -0.3 is 4.74 Å². The van der Waals surface area contributed by atoms with Crippen molar-refractivity contribution in [3.8, 4) is 0 Å². The third-order valence-electron chi connectivity index (χ3n) is 2.83. The predicted molar refractivity (Wildman–Crippen MR) is 84.9 cm³/mol. The maximum Gasteiger partial charge on any atom is 0.339 e. The molecule has 5 nitrogen and oxygen atoms in total. The van der Waals surface area contributed by atoms with Gasteiger partial charge in [0.05, 0.1) is 22.1 Å². The van der Waals surface area contributed by atoms with E-state index in [2.05, 4.69) is 15.9 Å². The van der Waals surface area contributed by atoms with E-state index in [0.29, 0.717) is 0 Å². The quantitative estimate of drug-likeness (QED) is 0.745. The Morgan fingerprint density at radius 2 is 2.10 bits per heavy atom. The van der Waals surface area contributed by atoms with Gasteiger partial charge in [-0.1, -0.05) is 31.9 Å². The largest absolute Gasteiger partial charge is 0.462 e. The molecule has 0 spiro atoms. The minimum absolute atomic E-state index is 0.0207. The SMILES string of the molecule is CCCC(C)COC(=O)c1cc(S(N)(=O)=O)c(Br)cc1Cl. The van der Waals surface area contributed by atoms with Gasteiger partial charge in [-0.15, -0.1) is 0 Å². The Morgan fingerprint density at radius 1 is 1.48 bits per heavy atom. The zero-order valence-corrected chi connectivity index (χ0v) is 14.9. The third-order valence-corrected chi connectivity index (χ3v) is 5.01. The molecule has 8 heteroatoms. The molecule has 1 rings (SSSR count). The lowest BCUT2D eigenvalue weighted by atomic mass is 10.1. The Kier molecular flexibility index (Phi) is 6.65. The summed E-state index contributed by atoms with van der Waals surface area (Å²) in [6.07, 6.45) is 1.93. The summed E-state index contributed by atoms with van der Waals surface area (Å²) in [7, 11) is -3.96.